The van der Waals surface area contributed by atoms with E-state index in [0.29, 0.717) is 55.5 Å². The topological polar surface area (TPSA) is 110 Å². The van der Waals surface area contributed by atoms with Crippen molar-refractivity contribution in [2.75, 3.05) is 20.3 Å². The number of ketones is 2. The van der Waals surface area contributed by atoms with E-state index in [-0.39, 0.29) is 11.6 Å². The van der Waals surface area contributed by atoms with Gasteiger partial charge >= 0.3 is 5.69 Å². The molecule has 1 N–H and O–H groups in total. The first-order valence-electron chi connectivity index (χ1n) is 10.2. The zero-order valence-corrected chi connectivity index (χ0v) is 16.8. The Kier molecular flexibility index (Phi) is 5.42. The van der Waals surface area contributed by atoms with Gasteiger partial charge in [0, 0.05) is 61.0 Å². The Hall–Kier alpha value is -3.00. The first-order valence-corrected chi connectivity index (χ1v) is 10.2. The molecule has 30 heavy (non-hydrogen) atoms. The van der Waals surface area contributed by atoms with Crippen LogP contribution in [0, 0.1) is 10.1 Å². The van der Waals surface area contributed by atoms with Crippen LogP contribution >= 0.6 is 0 Å². The van der Waals surface area contributed by atoms with Gasteiger partial charge in [0.15, 0.2) is 17.3 Å². The molecule has 0 amide bonds. The lowest BCUT2D eigenvalue weighted by molar-refractivity contribution is -0.385. The number of phenolic OH excluding ortho intramolecular Hbond substituents is 1. The standard InChI is InChI=1S/C22H24N2O6/c1-30-11-10-23-14-4-2-6-18(26)21(14)20(22-15(23)5-3-7-19(22)27)13-8-9-17(25)16(12-13)24(28)29/h8-9,12,20,25H,2-7,10-11H2,1H3. The number of carbonyl (C=O) groups is 2. The summed E-state index contributed by atoms with van der Waals surface area (Å²) in [7, 11) is 1.62. The molecule has 4 rings (SSSR count). The van der Waals surface area contributed by atoms with Crippen molar-refractivity contribution in [3.05, 3.63) is 56.4 Å². The highest BCUT2D eigenvalue weighted by molar-refractivity contribution is 6.06. The molecule has 0 fully saturated rings. The predicted octanol–water partition coefficient (Wildman–Crippen LogP) is 3.36. The van der Waals surface area contributed by atoms with E-state index in [2.05, 4.69) is 4.90 Å². The van der Waals surface area contributed by atoms with Crippen molar-refractivity contribution in [1.29, 1.82) is 0 Å². The Morgan fingerprint density at radius 3 is 2.23 bits per heavy atom. The number of allylic oxidation sites excluding steroid dienone is 4. The van der Waals surface area contributed by atoms with Crippen LogP contribution < -0.4 is 0 Å². The second-order valence-electron chi connectivity index (χ2n) is 7.86. The fourth-order valence-corrected chi connectivity index (χ4v) is 4.87. The molecule has 0 saturated carbocycles. The summed E-state index contributed by atoms with van der Waals surface area (Å²) in [5.41, 5.74) is 2.99. The van der Waals surface area contributed by atoms with E-state index >= 15 is 0 Å². The molecule has 8 nitrogen and oxygen atoms in total. The summed E-state index contributed by atoms with van der Waals surface area (Å²) >= 11 is 0. The van der Waals surface area contributed by atoms with Gasteiger partial charge in [0.2, 0.25) is 0 Å². The van der Waals surface area contributed by atoms with Crippen LogP contribution in [0.3, 0.4) is 0 Å². The number of benzene rings is 1. The minimum Gasteiger partial charge on any atom is -0.502 e. The van der Waals surface area contributed by atoms with Gasteiger partial charge < -0.3 is 14.7 Å². The summed E-state index contributed by atoms with van der Waals surface area (Å²) in [5, 5.41) is 21.3. The Morgan fingerprint density at radius 1 is 1.10 bits per heavy atom. The Morgan fingerprint density at radius 2 is 1.70 bits per heavy atom. The van der Waals surface area contributed by atoms with Gasteiger partial charge in [0.1, 0.15) is 0 Å². The highest BCUT2D eigenvalue weighted by Gasteiger charge is 2.43. The monoisotopic (exact) mass is 412 g/mol. The summed E-state index contributed by atoms with van der Waals surface area (Å²) in [4.78, 5) is 38.9. The highest BCUT2D eigenvalue weighted by Crippen LogP contribution is 2.49. The molecule has 1 aromatic carbocycles. The van der Waals surface area contributed by atoms with Crippen molar-refractivity contribution in [2.45, 2.75) is 44.4 Å². The molecule has 0 atom stereocenters. The number of hydrogen-bond acceptors (Lipinski definition) is 7. The first kappa shape index (κ1) is 20.3. The van der Waals surface area contributed by atoms with E-state index in [9.17, 15) is 24.8 Å². The fraction of sp³-hybridized carbons (Fsp3) is 0.455. The third-order valence-corrected chi connectivity index (χ3v) is 6.13. The van der Waals surface area contributed by atoms with E-state index in [0.717, 1.165) is 24.2 Å². The lowest BCUT2D eigenvalue weighted by Gasteiger charge is -2.43. The van der Waals surface area contributed by atoms with E-state index < -0.39 is 22.3 Å². The maximum atomic E-state index is 13.1. The van der Waals surface area contributed by atoms with Gasteiger partial charge in [-0.3, -0.25) is 19.7 Å². The van der Waals surface area contributed by atoms with E-state index in [1.165, 1.54) is 12.1 Å². The first-order chi connectivity index (χ1) is 14.4. The largest absolute Gasteiger partial charge is 0.502 e. The minimum absolute atomic E-state index is 0.0238. The Labute approximate surface area is 174 Å². The molecule has 1 aliphatic heterocycles. The quantitative estimate of drug-likeness (QED) is 0.583. The number of nitro groups is 1. The summed E-state index contributed by atoms with van der Waals surface area (Å²) < 4.78 is 5.26. The normalized spacial score (nSPS) is 19.8. The SMILES string of the molecule is COCCN1C2=C(C(=O)CCC2)C(c2ccc(O)c([N+](=O)[O-])c2)C2=C1CCCC2=O. The lowest BCUT2D eigenvalue weighted by Crippen LogP contribution is -2.40. The molecule has 0 aromatic heterocycles. The third kappa shape index (κ3) is 3.31. The smallest absolute Gasteiger partial charge is 0.310 e. The molecule has 0 spiro atoms. The van der Waals surface area contributed by atoms with Gasteiger partial charge in [0.25, 0.3) is 0 Å². The van der Waals surface area contributed by atoms with E-state index in [4.69, 9.17) is 4.74 Å². The van der Waals surface area contributed by atoms with E-state index in [1.807, 2.05) is 0 Å². The second kappa shape index (κ2) is 8.02. The number of phenols is 1. The number of Topliss-reactive ketones (excluding diaryl/α,β-unsaturated/α-hetero) is 2. The van der Waals surface area contributed by atoms with Crippen LogP contribution in [0.25, 0.3) is 0 Å². The van der Waals surface area contributed by atoms with Gasteiger partial charge in [-0.2, -0.15) is 0 Å². The van der Waals surface area contributed by atoms with Crippen LogP contribution in [-0.4, -0.2) is 46.8 Å². The molecule has 0 unspecified atom stereocenters. The number of hydrogen-bond donors (Lipinski definition) is 1. The predicted molar refractivity (Wildman–Crippen MR) is 108 cm³/mol. The van der Waals surface area contributed by atoms with Crippen molar-refractivity contribution in [2.24, 2.45) is 0 Å². The average Bonchev–Trinajstić information content (AvgIpc) is 2.72. The second-order valence-corrected chi connectivity index (χ2v) is 7.86. The fourth-order valence-electron chi connectivity index (χ4n) is 4.87. The number of aromatic hydroxyl groups is 1. The lowest BCUT2D eigenvalue weighted by atomic mass is 9.71. The molecule has 0 bridgehead atoms. The summed E-state index contributed by atoms with van der Waals surface area (Å²) in [6.45, 7) is 1.02. The summed E-state index contributed by atoms with van der Waals surface area (Å²) in [6, 6.07) is 4.15. The molecule has 2 aliphatic carbocycles. The average molecular weight is 412 g/mol. The molecular weight excluding hydrogens is 388 g/mol. The van der Waals surface area contributed by atoms with Crippen LogP contribution in [0.15, 0.2) is 40.7 Å². The summed E-state index contributed by atoms with van der Waals surface area (Å²) in [6.07, 6.45) is 3.69. The number of nitro benzene ring substituents is 1. The molecule has 0 radical (unpaired) electrons. The van der Waals surface area contributed by atoms with E-state index in [1.54, 1.807) is 13.2 Å². The van der Waals surface area contributed by atoms with Crippen LogP contribution in [0.5, 0.6) is 5.75 Å². The van der Waals surface area contributed by atoms with Crippen molar-refractivity contribution in [3.8, 4) is 5.75 Å². The van der Waals surface area contributed by atoms with Gasteiger partial charge in [-0.05, 0) is 37.3 Å². The maximum Gasteiger partial charge on any atom is 0.310 e. The van der Waals surface area contributed by atoms with Crippen LogP contribution in [0.2, 0.25) is 0 Å². The molecule has 3 aliphatic rings. The molecule has 8 heteroatoms. The van der Waals surface area contributed by atoms with Crippen molar-refractivity contribution < 1.29 is 24.4 Å². The zero-order valence-electron chi connectivity index (χ0n) is 16.8. The van der Waals surface area contributed by atoms with Crippen LogP contribution in [0.4, 0.5) is 5.69 Å². The summed E-state index contributed by atoms with van der Waals surface area (Å²) in [5.74, 6) is -1.11. The minimum atomic E-state index is -0.650. The van der Waals surface area contributed by atoms with Gasteiger partial charge in [0.05, 0.1) is 11.5 Å². The Bertz CT molecular complexity index is 949. The third-order valence-electron chi connectivity index (χ3n) is 6.13. The molecule has 158 valence electrons. The zero-order chi connectivity index (χ0) is 21.4. The number of ether oxygens (including phenoxy) is 1. The number of nitrogens with zero attached hydrogens (tertiary/aromatic N) is 2. The van der Waals surface area contributed by atoms with Gasteiger partial charge in [-0.1, -0.05) is 6.07 Å². The molecule has 1 heterocycles. The van der Waals surface area contributed by atoms with Crippen molar-refractivity contribution in [3.63, 3.8) is 0 Å². The molecular formula is C22H24N2O6. The van der Waals surface area contributed by atoms with Crippen LogP contribution in [0.1, 0.15) is 50.0 Å². The van der Waals surface area contributed by atoms with Gasteiger partial charge in [-0.15, -0.1) is 0 Å². The number of methoxy groups -OCH3 is 1. The van der Waals surface area contributed by atoms with Crippen molar-refractivity contribution in [1.82, 2.24) is 4.90 Å². The van der Waals surface area contributed by atoms with Crippen LogP contribution in [-0.2, 0) is 14.3 Å². The molecule has 1 aromatic rings. The molecule has 0 saturated heterocycles. The number of carbonyl (C=O) groups excluding carboxylic acids is 2. The van der Waals surface area contributed by atoms with Gasteiger partial charge in [-0.25, -0.2) is 0 Å². The maximum absolute atomic E-state index is 13.1. The number of rotatable bonds is 5. The Balaban J connectivity index is 1.94. The highest BCUT2D eigenvalue weighted by atomic mass is 16.6. The van der Waals surface area contributed by atoms with Crippen molar-refractivity contribution >= 4 is 17.3 Å².